The van der Waals surface area contributed by atoms with Gasteiger partial charge in [-0.25, -0.2) is 4.98 Å². The number of nitrogens with zero attached hydrogens (tertiary/aromatic N) is 4. The van der Waals surface area contributed by atoms with Crippen LogP contribution in [-0.2, 0) is 13.0 Å². The lowest BCUT2D eigenvalue weighted by Gasteiger charge is -2.10. The smallest absolute Gasteiger partial charge is 0.261 e. The zero-order chi connectivity index (χ0) is 19.0. The molecule has 0 saturated heterocycles. The van der Waals surface area contributed by atoms with Crippen molar-refractivity contribution in [3.05, 3.63) is 74.5 Å². The van der Waals surface area contributed by atoms with Crippen LogP contribution in [0.1, 0.15) is 18.6 Å². The van der Waals surface area contributed by atoms with E-state index in [-0.39, 0.29) is 12.1 Å². The highest BCUT2D eigenvalue weighted by molar-refractivity contribution is 6.42. The predicted octanol–water partition coefficient (Wildman–Crippen LogP) is 4.36. The van der Waals surface area contributed by atoms with Gasteiger partial charge in [0.05, 0.1) is 27.5 Å². The number of benzene rings is 2. The third-order valence-corrected chi connectivity index (χ3v) is 4.93. The first kappa shape index (κ1) is 17.7. The number of hydrogen-bond donors (Lipinski definition) is 0. The van der Waals surface area contributed by atoms with E-state index < -0.39 is 0 Å². The Labute approximate surface area is 164 Å². The molecule has 0 amide bonds. The summed E-state index contributed by atoms with van der Waals surface area (Å²) < 4.78 is 6.90. The van der Waals surface area contributed by atoms with E-state index in [1.807, 2.05) is 25.1 Å². The van der Waals surface area contributed by atoms with Gasteiger partial charge in [-0.3, -0.25) is 9.36 Å². The minimum atomic E-state index is -0.127. The van der Waals surface area contributed by atoms with E-state index in [4.69, 9.17) is 27.7 Å². The van der Waals surface area contributed by atoms with Crippen LogP contribution in [0.3, 0.4) is 0 Å². The first-order chi connectivity index (χ1) is 13.1. The van der Waals surface area contributed by atoms with Crippen molar-refractivity contribution in [2.75, 3.05) is 0 Å². The minimum Gasteiger partial charge on any atom is -0.334 e. The average Bonchev–Trinajstić information content (AvgIpc) is 3.15. The van der Waals surface area contributed by atoms with Crippen LogP contribution in [0, 0.1) is 0 Å². The zero-order valence-corrected chi connectivity index (χ0v) is 15.8. The van der Waals surface area contributed by atoms with Crippen LogP contribution < -0.4 is 5.56 Å². The Bertz CT molecular complexity index is 1200. The normalized spacial score (nSPS) is 11.2. The molecule has 0 spiro atoms. The summed E-state index contributed by atoms with van der Waals surface area (Å²) in [5, 5.41) is 5.39. The molecule has 0 radical (unpaired) electrons. The van der Waals surface area contributed by atoms with Crippen molar-refractivity contribution in [1.82, 2.24) is 19.7 Å². The number of fused-ring (bicyclic) bond motifs is 1. The number of halogens is 2. The standard InChI is InChI=1S/C19H14Cl2N4O2/c1-2-17-22-15-6-4-3-5-12(15)19(26)25(17)10-16-23-18(27-24-16)11-7-8-13(20)14(21)9-11/h3-9H,2,10H2,1H3. The van der Waals surface area contributed by atoms with Gasteiger partial charge in [-0.1, -0.05) is 47.4 Å². The molecule has 4 aromatic rings. The molecule has 27 heavy (non-hydrogen) atoms. The maximum Gasteiger partial charge on any atom is 0.261 e. The molecule has 0 aliphatic carbocycles. The number of rotatable bonds is 4. The maximum absolute atomic E-state index is 12.9. The zero-order valence-electron chi connectivity index (χ0n) is 14.3. The molecule has 8 heteroatoms. The second-order valence-electron chi connectivity index (χ2n) is 5.93. The van der Waals surface area contributed by atoms with Gasteiger partial charge in [0.2, 0.25) is 0 Å². The van der Waals surface area contributed by atoms with Gasteiger partial charge >= 0.3 is 0 Å². The summed E-state index contributed by atoms with van der Waals surface area (Å²) in [7, 11) is 0. The summed E-state index contributed by atoms with van der Waals surface area (Å²) in [5.41, 5.74) is 1.21. The van der Waals surface area contributed by atoms with Crippen LogP contribution in [-0.4, -0.2) is 19.7 Å². The van der Waals surface area contributed by atoms with Gasteiger partial charge in [-0.15, -0.1) is 0 Å². The minimum absolute atomic E-state index is 0.127. The molecule has 4 rings (SSSR count). The molecule has 0 aliphatic heterocycles. The quantitative estimate of drug-likeness (QED) is 0.508. The molecule has 2 heterocycles. The third-order valence-electron chi connectivity index (χ3n) is 4.19. The van der Waals surface area contributed by atoms with E-state index in [2.05, 4.69) is 15.1 Å². The number of aromatic nitrogens is 4. The Hall–Kier alpha value is -2.70. The maximum atomic E-state index is 12.9. The third kappa shape index (κ3) is 3.34. The second-order valence-corrected chi connectivity index (χ2v) is 6.75. The molecule has 0 aliphatic rings. The van der Waals surface area contributed by atoms with Crippen molar-refractivity contribution >= 4 is 34.1 Å². The van der Waals surface area contributed by atoms with Crippen molar-refractivity contribution in [3.8, 4) is 11.5 Å². The van der Waals surface area contributed by atoms with Gasteiger partial charge in [0.25, 0.3) is 11.4 Å². The number of aryl methyl sites for hydroxylation is 1. The Morgan fingerprint density at radius 2 is 1.89 bits per heavy atom. The molecule has 6 nitrogen and oxygen atoms in total. The van der Waals surface area contributed by atoms with Crippen molar-refractivity contribution in [1.29, 1.82) is 0 Å². The van der Waals surface area contributed by atoms with Crippen molar-refractivity contribution < 1.29 is 4.52 Å². The molecule has 136 valence electrons. The van der Waals surface area contributed by atoms with E-state index in [0.29, 0.717) is 50.5 Å². The van der Waals surface area contributed by atoms with Crippen molar-refractivity contribution in [3.63, 3.8) is 0 Å². The summed E-state index contributed by atoms with van der Waals surface area (Å²) in [4.78, 5) is 21.8. The Morgan fingerprint density at radius 1 is 1.07 bits per heavy atom. The van der Waals surface area contributed by atoms with Gasteiger partial charge in [0.1, 0.15) is 5.82 Å². The summed E-state index contributed by atoms with van der Waals surface area (Å²) >= 11 is 12.0. The first-order valence-electron chi connectivity index (χ1n) is 8.33. The highest BCUT2D eigenvalue weighted by Crippen LogP contribution is 2.27. The SMILES string of the molecule is CCc1nc2ccccc2c(=O)n1Cc1noc(-c2ccc(Cl)c(Cl)c2)n1. The summed E-state index contributed by atoms with van der Waals surface area (Å²) in [6, 6.07) is 12.3. The van der Waals surface area contributed by atoms with E-state index >= 15 is 0 Å². The first-order valence-corrected chi connectivity index (χ1v) is 9.09. The fourth-order valence-corrected chi connectivity index (χ4v) is 3.15. The summed E-state index contributed by atoms with van der Waals surface area (Å²) in [5.74, 6) is 1.35. The second kappa shape index (κ2) is 7.13. The lowest BCUT2D eigenvalue weighted by atomic mass is 10.2. The fraction of sp³-hybridized carbons (Fsp3) is 0.158. The van der Waals surface area contributed by atoms with Gasteiger partial charge in [0.15, 0.2) is 5.82 Å². The van der Waals surface area contributed by atoms with Crippen LogP contribution >= 0.6 is 23.2 Å². The number of para-hydroxylation sites is 1. The molecule has 0 N–H and O–H groups in total. The molecule has 0 unspecified atom stereocenters. The van der Waals surface area contributed by atoms with Crippen LogP contribution in [0.4, 0.5) is 0 Å². The van der Waals surface area contributed by atoms with E-state index in [1.165, 1.54) is 0 Å². The fourth-order valence-electron chi connectivity index (χ4n) is 2.85. The van der Waals surface area contributed by atoms with Gasteiger partial charge in [-0.2, -0.15) is 4.98 Å². The molecule has 0 atom stereocenters. The monoisotopic (exact) mass is 400 g/mol. The highest BCUT2D eigenvalue weighted by atomic mass is 35.5. The van der Waals surface area contributed by atoms with E-state index in [1.54, 1.807) is 28.8 Å². The van der Waals surface area contributed by atoms with E-state index in [0.717, 1.165) is 0 Å². The van der Waals surface area contributed by atoms with Crippen LogP contribution in [0.15, 0.2) is 51.8 Å². The van der Waals surface area contributed by atoms with Crippen molar-refractivity contribution in [2.45, 2.75) is 19.9 Å². The topological polar surface area (TPSA) is 73.8 Å². The average molecular weight is 401 g/mol. The predicted molar refractivity (Wildman–Crippen MR) is 104 cm³/mol. The van der Waals surface area contributed by atoms with E-state index in [9.17, 15) is 4.79 Å². The molecule has 2 aromatic heterocycles. The Kier molecular flexibility index (Phi) is 4.68. The van der Waals surface area contributed by atoms with Crippen LogP contribution in [0.5, 0.6) is 0 Å². The van der Waals surface area contributed by atoms with Gasteiger partial charge < -0.3 is 4.52 Å². The van der Waals surface area contributed by atoms with Crippen molar-refractivity contribution in [2.24, 2.45) is 0 Å². The largest absolute Gasteiger partial charge is 0.334 e. The van der Waals surface area contributed by atoms with Crippen LogP contribution in [0.25, 0.3) is 22.4 Å². The number of hydrogen-bond acceptors (Lipinski definition) is 5. The molecule has 0 bridgehead atoms. The highest BCUT2D eigenvalue weighted by Gasteiger charge is 2.15. The summed E-state index contributed by atoms with van der Waals surface area (Å²) in [6.45, 7) is 2.12. The lowest BCUT2D eigenvalue weighted by Crippen LogP contribution is -2.26. The van der Waals surface area contributed by atoms with Crippen LogP contribution in [0.2, 0.25) is 10.0 Å². The van der Waals surface area contributed by atoms with Gasteiger partial charge in [-0.05, 0) is 30.3 Å². The molecule has 0 fully saturated rings. The molecular weight excluding hydrogens is 387 g/mol. The van der Waals surface area contributed by atoms with Gasteiger partial charge in [0, 0.05) is 12.0 Å². The Balaban J connectivity index is 1.73. The molecular formula is C19H14Cl2N4O2. The molecule has 2 aromatic carbocycles. The Morgan fingerprint density at radius 3 is 2.67 bits per heavy atom. The summed E-state index contributed by atoms with van der Waals surface area (Å²) in [6.07, 6.45) is 0.609. The lowest BCUT2D eigenvalue weighted by molar-refractivity contribution is 0.419. The molecule has 0 saturated carbocycles.